The molecule has 2 rings (SSSR count). The lowest BCUT2D eigenvalue weighted by Crippen LogP contribution is -2.29. The molecule has 1 aromatic carbocycles. The van der Waals surface area contributed by atoms with E-state index in [1.54, 1.807) is 0 Å². The third-order valence-corrected chi connectivity index (χ3v) is 5.03. The van der Waals surface area contributed by atoms with Crippen molar-refractivity contribution >= 4 is 22.6 Å². The predicted molar refractivity (Wildman–Crippen MR) is 91.5 cm³/mol. The zero-order chi connectivity index (χ0) is 13.5. The van der Waals surface area contributed by atoms with Gasteiger partial charge in [-0.3, -0.25) is 0 Å². The van der Waals surface area contributed by atoms with Crippen LogP contribution in [0, 0.1) is 15.4 Å². The molecule has 0 heterocycles. The van der Waals surface area contributed by atoms with Gasteiger partial charge in [-0.15, -0.1) is 0 Å². The second-order valence-corrected chi connectivity index (χ2v) is 7.08. The molecule has 1 nitrogen and oxygen atoms in total. The van der Waals surface area contributed by atoms with Gasteiger partial charge >= 0.3 is 0 Å². The Morgan fingerprint density at radius 2 is 1.89 bits per heavy atom. The average Bonchev–Trinajstić information content (AvgIpc) is 2.94. The van der Waals surface area contributed by atoms with Crippen LogP contribution in [0.2, 0.25) is 0 Å². The maximum atomic E-state index is 3.64. The third-order valence-electron chi connectivity index (χ3n) is 4.31. The van der Waals surface area contributed by atoms with Gasteiger partial charge in [-0.25, -0.2) is 0 Å². The van der Waals surface area contributed by atoms with Crippen molar-refractivity contribution in [3.05, 3.63) is 33.4 Å². The first-order valence-corrected chi connectivity index (χ1v) is 8.82. The van der Waals surface area contributed by atoms with Crippen molar-refractivity contribution in [2.45, 2.75) is 45.4 Å². The van der Waals surface area contributed by atoms with Crippen LogP contribution in [0.15, 0.2) is 24.3 Å². The molecular weight excluding hydrogens is 345 g/mol. The number of rotatable bonds is 7. The molecule has 0 bridgehead atoms. The molecule has 0 radical (unpaired) electrons. The van der Waals surface area contributed by atoms with Crippen LogP contribution in [0.25, 0.3) is 0 Å². The van der Waals surface area contributed by atoms with Gasteiger partial charge in [-0.05, 0) is 78.1 Å². The summed E-state index contributed by atoms with van der Waals surface area (Å²) in [7, 11) is 0. The van der Waals surface area contributed by atoms with E-state index in [-0.39, 0.29) is 0 Å². The molecule has 0 aromatic heterocycles. The summed E-state index contributed by atoms with van der Waals surface area (Å²) in [6, 6.07) is 9.09. The molecule has 2 heteroatoms. The smallest absolute Gasteiger partial charge is 0.0130 e. The van der Waals surface area contributed by atoms with E-state index in [0.29, 0.717) is 0 Å². The highest BCUT2D eigenvalue weighted by atomic mass is 127. The first-order chi connectivity index (χ1) is 9.29. The van der Waals surface area contributed by atoms with Gasteiger partial charge in [0.05, 0.1) is 0 Å². The minimum Gasteiger partial charge on any atom is -0.316 e. The fraction of sp³-hybridized carbons (Fsp3) is 0.647. The monoisotopic (exact) mass is 371 g/mol. The van der Waals surface area contributed by atoms with E-state index in [0.717, 1.165) is 18.4 Å². The summed E-state index contributed by atoms with van der Waals surface area (Å²) in [6.07, 6.45) is 8.27. The zero-order valence-corrected chi connectivity index (χ0v) is 14.2. The van der Waals surface area contributed by atoms with E-state index in [1.165, 1.54) is 54.2 Å². The summed E-state index contributed by atoms with van der Waals surface area (Å²) in [5.74, 6) is 1.78. The van der Waals surface area contributed by atoms with Crippen molar-refractivity contribution in [2.24, 2.45) is 11.8 Å². The van der Waals surface area contributed by atoms with Gasteiger partial charge in [0.15, 0.2) is 0 Å². The van der Waals surface area contributed by atoms with Crippen LogP contribution in [-0.2, 0) is 6.42 Å². The lowest BCUT2D eigenvalue weighted by atomic mass is 9.85. The Labute approximate surface area is 131 Å². The van der Waals surface area contributed by atoms with Gasteiger partial charge in [0.25, 0.3) is 0 Å². The Morgan fingerprint density at radius 1 is 1.21 bits per heavy atom. The standard InChI is InChI=1S/C17H26IN/c1-2-11-19-13-16(15-5-3-4-6-15)12-14-7-9-17(18)10-8-14/h7-10,15-16,19H,2-6,11-13H2,1H3. The normalized spacial score (nSPS) is 17.8. The molecule has 0 aliphatic heterocycles. The summed E-state index contributed by atoms with van der Waals surface area (Å²) in [4.78, 5) is 0. The summed E-state index contributed by atoms with van der Waals surface area (Å²) in [6.45, 7) is 4.61. The second-order valence-electron chi connectivity index (χ2n) is 5.84. The van der Waals surface area contributed by atoms with Gasteiger partial charge in [0.1, 0.15) is 0 Å². The molecule has 0 amide bonds. The molecule has 19 heavy (non-hydrogen) atoms. The molecule has 1 atom stereocenters. The van der Waals surface area contributed by atoms with Gasteiger partial charge in [-0.2, -0.15) is 0 Å². The molecule has 1 fully saturated rings. The van der Waals surface area contributed by atoms with Gasteiger partial charge in [0.2, 0.25) is 0 Å². The van der Waals surface area contributed by atoms with Crippen molar-refractivity contribution in [3.8, 4) is 0 Å². The van der Waals surface area contributed by atoms with E-state index >= 15 is 0 Å². The highest BCUT2D eigenvalue weighted by molar-refractivity contribution is 14.1. The number of hydrogen-bond acceptors (Lipinski definition) is 1. The second kappa shape index (κ2) is 8.25. The van der Waals surface area contributed by atoms with Crippen LogP contribution in [0.4, 0.5) is 0 Å². The first kappa shape index (κ1) is 15.3. The molecule has 0 spiro atoms. The maximum absolute atomic E-state index is 3.64. The summed E-state index contributed by atoms with van der Waals surface area (Å²) in [5, 5.41) is 3.64. The number of nitrogens with one attached hydrogen (secondary N) is 1. The van der Waals surface area contributed by atoms with Crippen LogP contribution in [0.5, 0.6) is 0 Å². The predicted octanol–water partition coefficient (Wildman–Crippen LogP) is 4.64. The minimum absolute atomic E-state index is 0.828. The SMILES string of the molecule is CCCNCC(Cc1ccc(I)cc1)C1CCCC1. The van der Waals surface area contributed by atoms with Crippen molar-refractivity contribution in [1.82, 2.24) is 5.32 Å². The van der Waals surface area contributed by atoms with Crippen LogP contribution in [-0.4, -0.2) is 13.1 Å². The van der Waals surface area contributed by atoms with Crippen molar-refractivity contribution in [3.63, 3.8) is 0 Å². The van der Waals surface area contributed by atoms with Crippen molar-refractivity contribution in [1.29, 1.82) is 0 Å². The highest BCUT2D eigenvalue weighted by Gasteiger charge is 2.24. The lowest BCUT2D eigenvalue weighted by molar-refractivity contribution is 0.321. The lowest BCUT2D eigenvalue weighted by Gasteiger charge is -2.24. The van der Waals surface area contributed by atoms with Crippen molar-refractivity contribution < 1.29 is 0 Å². The Morgan fingerprint density at radius 3 is 2.53 bits per heavy atom. The Bertz CT molecular complexity index is 354. The quantitative estimate of drug-likeness (QED) is 0.544. The minimum atomic E-state index is 0.828. The largest absolute Gasteiger partial charge is 0.316 e. The maximum Gasteiger partial charge on any atom is 0.0130 e. The van der Waals surface area contributed by atoms with Crippen LogP contribution in [0.3, 0.4) is 0 Å². The van der Waals surface area contributed by atoms with Crippen LogP contribution in [0.1, 0.15) is 44.6 Å². The van der Waals surface area contributed by atoms with E-state index in [4.69, 9.17) is 0 Å². The molecule has 106 valence electrons. The summed E-state index contributed by atoms with van der Waals surface area (Å²) in [5.41, 5.74) is 1.51. The van der Waals surface area contributed by atoms with Gasteiger partial charge in [-0.1, -0.05) is 44.7 Å². The average molecular weight is 371 g/mol. The number of hydrogen-bond donors (Lipinski definition) is 1. The van der Waals surface area contributed by atoms with E-state index in [2.05, 4.69) is 59.1 Å². The molecule has 1 N–H and O–H groups in total. The van der Waals surface area contributed by atoms with Crippen LogP contribution >= 0.6 is 22.6 Å². The van der Waals surface area contributed by atoms with Crippen molar-refractivity contribution in [2.75, 3.05) is 13.1 Å². The molecule has 1 aliphatic carbocycles. The summed E-state index contributed by atoms with van der Waals surface area (Å²) >= 11 is 2.38. The van der Waals surface area contributed by atoms with E-state index < -0.39 is 0 Å². The fourth-order valence-electron chi connectivity index (χ4n) is 3.22. The fourth-order valence-corrected chi connectivity index (χ4v) is 3.58. The Hall–Kier alpha value is -0.0900. The summed E-state index contributed by atoms with van der Waals surface area (Å²) < 4.78 is 1.34. The highest BCUT2D eigenvalue weighted by Crippen LogP contribution is 2.33. The molecule has 0 saturated heterocycles. The van der Waals surface area contributed by atoms with E-state index in [1.807, 2.05) is 0 Å². The van der Waals surface area contributed by atoms with E-state index in [9.17, 15) is 0 Å². The van der Waals surface area contributed by atoms with Gasteiger partial charge < -0.3 is 5.32 Å². The van der Waals surface area contributed by atoms with Gasteiger partial charge in [0, 0.05) is 3.57 Å². The Kier molecular flexibility index (Phi) is 6.65. The zero-order valence-electron chi connectivity index (χ0n) is 12.0. The molecule has 1 aromatic rings. The topological polar surface area (TPSA) is 12.0 Å². The molecule has 1 aliphatic rings. The van der Waals surface area contributed by atoms with Crippen LogP contribution < -0.4 is 5.32 Å². The number of halogens is 1. The molecule has 1 saturated carbocycles. The molecular formula is C17H26IN. The number of benzene rings is 1. The Balaban J connectivity index is 1.93. The first-order valence-electron chi connectivity index (χ1n) is 7.74. The molecule has 1 unspecified atom stereocenters. The third kappa shape index (κ3) is 5.07.